The maximum absolute atomic E-state index is 11.9. The Morgan fingerprint density at radius 1 is 1.23 bits per heavy atom. The molecule has 0 aliphatic carbocycles. The first kappa shape index (κ1) is 14.5. The van der Waals surface area contributed by atoms with Gasteiger partial charge in [-0.25, -0.2) is 9.78 Å². The molecule has 0 saturated heterocycles. The lowest BCUT2D eigenvalue weighted by Crippen LogP contribution is -2.07. The summed E-state index contributed by atoms with van der Waals surface area (Å²) in [4.78, 5) is 21.6. The molecule has 5 nitrogen and oxygen atoms in total. The number of rotatable bonds is 4. The van der Waals surface area contributed by atoms with Crippen molar-refractivity contribution in [1.82, 2.24) is 9.97 Å². The van der Waals surface area contributed by atoms with Gasteiger partial charge in [0.05, 0.1) is 12.6 Å². The predicted octanol–water partition coefficient (Wildman–Crippen LogP) is 3.37. The Labute approximate surface area is 131 Å². The summed E-state index contributed by atoms with van der Waals surface area (Å²) in [5.74, 6) is 0.00822. The Morgan fingerprint density at radius 3 is 2.77 bits per heavy atom. The number of carbonyl (C=O) groups is 1. The van der Waals surface area contributed by atoms with E-state index in [1.165, 1.54) is 13.3 Å². The average molecular weight is 314 g/mol. The van der Waals surface area contributed by atoms with Gasteiger partial charge >= 0.3 is 5.97 Å². The van der Waals surface area contributed by atoms with E-state index in [2.05, 4.69) is 9.97 Å². The fourth-order valence-electron chi connectivity index (χ4n) is 2.13. The Kier molecular flexibility index (Phi) is 4.02. The lowest BCUT2D eigenvalue weighted by molar-refractivity contribution is 0.0595. The Bertz CT molecular complexity index is 829. The van der Waals surface area contributed by atoms with E-state index < -0.39 is 5.97 Å². The fraction of sp³-hybridized carbons (Fsp3) is 0.188. The maximum Gasteiger partial charge on any atom is 0.343 e. The van der Waals surface area contributed by atoms with Crippen LogP contribution in [0.25, 0.3) is 10.9 Å². The highest BCUT2D eigenvalue weighted by molar-refractivity contribution is 7.11. The summed E-state index contributed by atoms with van der Waals surface area (Å²) in [6, 6.07) is 7.51. The van der Waals surface area contributed by atoms with E-state index in [9.17, 15) is 4.79 Å². The van der Waals surface area contributed by atoms with Crippen LogP contribution in [0.2, 0.25) is 0 Å². The number of methoxy groups -OCH3 is 1. The largest absolute Gasteiger partial charge is 0.485 e. The average Bonchev–Trinajstić information content (AvgIpc) is 2.97. The molecule has 0 amide bonds. The number of benzene rings is 1. The van der Waals surface area contributed by atoms with Crippen molar-refractivity contribution in [2.75, 3.05) is 7.11 Å². The number of thiazole rings is 1. The topological polar surface area (TPSA) is 61.3 Å². The Balaban J connectivity index is 2.02. The number of hydrogen-bond acceptors (Lipinski definition) is 6. The highest BCUT2D eigenvalue weighted by atomic mass is 32.1. The van der Waals surface area contributed by atoms with Crippen molar-refractivity contribution in [3.63, 3.8) is 0 Å². The van der Waals surface area contributed by atoms with Crippen molar-refractivity contribution in [1.29, 1.82) is 0 Å². The molecule has 0 radical (unpaired) electrons. The van der Waals surface area contributed by atoms with Crippen LogP contribution in [0.4, 0.5) is 0 Å². The third-order valence-corrected chi connectivity index (χ3v) is 4.03. The zero-order valence-electron chi connectivity index (χ0n) is 12.2. The minimum atomic E-state index is -0.469. The van der Waals surface area contributed by atoms with E-state index in [0.29, 0.717) is 17.9 Å². The summed E-state index contributed by atoms with van der Waals surface area (Å²) in [6.45, 7) is 2.29. The number of aromatic nitrogens is 2. The molecule has 0 saturated carbocycles. The zero-order chi connectivity index (χ0) is 15.5. The van der Waals surface area contributed by atoms with Gasteiger partial charge in [0, 0.05) is 22.7 Å². The smallest absolute Gasteiger partial charge is 0.343 e. The molecule has 6 heteroatoms. The van der Waals surface area contributed by atoms with Crippen LogP contribution in [0.3, 0.4) is 0 Å². The monoisotopic (exact) mass is 314 g/mol. The quantitative estimate of drug-likeness (QED) is 0.691. The normalized spacial score (nSPS) is 10.6. The maximum atomic E-state index is 11.9. The van der Waals surface area contributed by atoms with Crippen LogP contribution in [-0.4, -0.2) is 23.0 Å². The molecule has 1 aromatic carbocycles. The van der Waals surface area contributed by atoms with Crippen LogP contribution in [0.1, 0.15) is 20.2 Å². The summed E-state index contributed by atoms with van der Waals surface area (Å²) in [7, 11) is 1.34. The van der Waals surface area contributed by atoms with Crippen LogP contribution in [-0.2, 0) is 11.3 Å². The van der Waals surface area contributed by atoms with Crippen LogP contribution >= 0.6 is 11.3 Å². The van der Waals surface area contributed by atoms with Crippen LogP contribution in [0.5, 0.6) is 5.75 Å². The number of nitrogens with zero attached hydrogens (tertiary/aromatic N) is 2. The molecule has 22 heavy (non-hydrogen) atoms. The second-order valence-corrected chi connectivity index (χ2v) is 5.98. The van der Waals surface area contributed by atoms with E-state index >= 15 is 0 Å². The van der Waals surface area contributed by atoms with Gasteiger partial charge in [0.15, 0.2) is 0 Å². The Hall–Kier alpha value is -2.47. The van der Waals surface area contributed by atoms with E-state index in [-0.39, 0.29) is 0 Å². The molecule has 0 fully saturated rings. The number of aryl methyl sites for hydroxylation is 1. The van der Waals surface area contributed by atoms with Crippen molar-refractivity contribution in [3.05, 3.63) is 52.1 Å². The van der Waals surface area contributed by atoms with Gasteiger partial charge in [-0.1, -0.05) is 12.1 Å². The molecule has 3 aromatic rings. The number of hydrogen-bond donors (Lipinski definition) is 0. The van der Waals surface area contributed by atoms with Gasteiger partial charge in [0.25, 0.3) is 0 Å². The first-order valence-corrected chi connectivity index (χ1v) is 7.51. The van der Waals surface area contributed by atoms with Gasteiger partial charge in [0.2, 0.25) is 0 Å². The second kappa shape index (κ2) is 6.11. The molecule has 3 rings (SSSR count). The lowest BCUT2D eigenvalue weighted by atomic mass is 10.1. The first-order valence-electron chi connectivity index (χ1n) is 6.69. The molecule has 0 aliphatic heterocycles. The second-order valence-electron chi connectivity index (χ2n) is 4.66. The molecule has 0 N–H and O–H groups in total. The number of fused-ring (bicyclic) bond motifs is 1. The van der Waals surface area contributed by atoms with Crippen LogP contribution in [0, 0.1) is 6.92 Å². The molecule has 112 valence electrons. The van der Waals surface area contributed by atoms with Crippen molar-refractivity contribution in [2.24, 2.45) is 0 Å². The summed E-state index contributed by atoms with van der Waals surface area (Å²) in [6.07, 6.45) is 3.28. The van der Waals surface area contributed by atoms with Crippen molar-refractivity contribution in [2.45, 2.75) is 13.5 Å². The molecule has 2 heterocycles. The van der Waals surface area contributed by atoms with Gasteiger partial charge in [-0.05, 0) is 19.1 Å². The minimum absolute atomic E-state index is 0.302. The molecule has 0 unspecified atom stereocenters. The predicted molar refractivity (Wildman–Crippen MR) is 84.3 cm³/mol. The molecular weight excluding hydrogens is 300 g/mol. The summed E-state index contributed by atoms with van der Waals surface area (Å²) in [5.41, 5.74) is 1.08. The highest BCUT2D eigenvalue weighted by Gasteiger charge is 2.17. The third-order valence-electron chi connectivity index (χ3n) is 3.14. The molecule has 0 spiro atoms. The van der Waals surface area contributed by atoms with Gasteiger partial charge < -0.3 is 9.47 Å². The highest BCUT2D eigenvalue weighted by Crippen LogP contribution is 2.30. The zero-order valence-corrected chi connectivity index (χ0v) is 13.0. The molecule has 0 bridgehead atoms. The number of pyridine rings is 1. The van der Waals surface area contributed by atoms with Gasteiger partial charge in [0.1, 0.15) is 22.9 Å². The van der Waals surface area contributed by atoms with Gasteiger partial charge in [-0.3, -0.25) is 4.98 Å². The summed E-state index contributed by atoms with van der Waals surface area (Å²) >= 11 is 1.56. The summed E-state index contributed by atoms with van der Waals surface area (Å²) in [5, 5.41) is 1.63. The van der Waals surface area contributed by atoms with E-state index in [1.54, 1.807) is 17.5 Å². The number of carbonyl (C=O) groups excluding carboxylic acids is 1. The molecule has 2 aromatic heterocycles. The van der Waals surface area contributed by atoms with Crippen LogP contribution in [0.15, 0.2) is 36.7 Å². The van der Waals surface area contributed by atoms with E-state index in [4.69, 9.17) is 9.47 Å². The van der Waals surface area contributed by atoms with Crippen molar-refractivity contribution >= 4 is 28.2 Å². The summed E-state index contributed by atoms with van der Waals surface area (Å²) < 4.78 is 10.7. The van der Waals surface area contributed by atoms with E-state index in [0.717, 1.165) is 20.8 Å². The lowest BCUT2D eigenvalue weighted by Gasteiger charge is -2.11. The number of para-hydroxylation sites is 1. The number of esters is 1. The van der Waals surface area contributed by atoms with Crippen molar-refractivity contribution < 1.29 is 14.3 Å². The molecule has 0 aliphatic rings. The third kappa shape index (κ3) is 2.78. The molecular formula is C16H14N2O3S. The van der Waals surface area contributed by atoms with Gasteiger partial charge in [-0.2, -0.15) is 0 Å². The standard InChI is InChI=1S/C16H14N2O3S/c1-10-7-18-14(22-10)9-21-15-11-5-3-4-6-13(11)17-8-12(15)16(19)20-2/h3-8H,9H2,1-2H3. The molecule has 0 atom stereocenters. The fourth-order valence-corrected chi connectivity index (χ4v) is 2.83. The minimum Gasteiger partial charge on any atom is -0.485 e. The van der Waals surface area contributed by atoms with Crippen molar-refractivity contribution in [3.8, 4) is 5.75 Å². The SMILES string of the molecule is COC(=O)c1cnc2ccccc2c1OCc1ncc(C)s1. The van der Waals surface area contributed by atoms with Crippen LogP contribution < -0.4 is 4.74 Å². The van der Waals surface area contributed by atoms with E-state index in [1.807, 2.05) is 31.2 Å². The number of ether oxygens (including phenoxy) is 2. The van der Waals surface area contributed by atoms with Gasteiger partial charge in [-0.15, -0.1) is 11.3 Å². The Morgan fingerprint density at radius 2 is 2.05 bits per heavy atom. The first-order chi connectivity index (χ1) is 10.7.